The normalized spacial score (nSPS) is 24.6. The number of benzene rings is 2. The van der Waals surface area contributed by atoms with Crippen LogP contribution in [0.15, 0.2) is 36.4 Å². The van der Waals surface area contributed by atoms with E-state index in [9.17, 15) is 8.78 Å². The van der Waals surface area contributed by atoms with Gasteiger partial charge in [0.25, 0.3) is 0 Å². The minimum atomic E-state index is -0.906. The monoisotopic (exact) mass is 512 g/mol. The van der Waals surface area contributed by atoms with Crippen LogP contribution in [-0.4, -0.2) is 15.4 Å². The van der Waals surface area contributed by atoms with Crippen LogP contribution in [0.25, 0.3) is 11.1 Å². The van der Waals surface area contributed by atoms with Gasteiger partial charge in [-0.1, -0.05) is 94.3 Å². The molecule has 2 fully saturated rings. The number of ether oxygens (including phenoxy) is 1. The third-order valence-electron chi connectivity index (χ3n) is 9.12. The first-order chi connectivity index (χ1) is 17.6. The largest absolute Gasteiger partial charge is 0.491 e. The molecule has 0 radical (unpaired) electrons. The third-order valence-corrected chi connectivity index (χ3v) is 12.6. The van der Waals surface area contributed by atoms with E-state index in [4.69, 9.17) is 4.74 Å². The minimum absolute atomic E-state index is 0.0259. The molecule has 1 heterocycles. The van der Waals surface area contributed by atoms with Crippen molar-refractivity contribution in [1.82, 2.24) is 0 Å². The summed E-state index contributed by atoms with van der Waals surface area (Å²) in [4.78, 5) is 0. The lowest BCUT2D eigenvalue weighted by Gasteiger charge is -2.37. The van der Waals surface area contributed by atoms with E-state index in [1.54, 1.807) is 44.0 Å². The fourth-order valence-corrected chi connectivity index (χ4v) is 10.4. The molecule has 2 aromatic carbocycles. The van der Waals surface area contributed by atoms with Gasteiger partial charge in [-0.05, 0) is 73.6 Å². The van der Waals surface area contributed by atoms with Gasteiger partial charge in [-0.15, -0.1) is 0 Å². The van der Waals surface area contributed by atoms with Crippen LogP contribution in [0.3, 0.4) is 0 Å². The maximum absolute atomic E-state index is 14.6. The van der Waals surface area contributed by atoms with Gasteiger partial charge in [-0.3, -0.25) is 0 Å². The van der Waals surface area contributed by atoms with Gasteiger partial charge in [-0.25, -0.2) is 4.39 Å². The van der Waals surface area contributed by atoms with Gasteiger partial charge in [0.2, 0.25) is 5.82 Å². The van der Waals surface area contributed by atoms with Crippen LogP contribution >= 0.6 is 0 Å². The topological polar surface area (TPSA) is 9.23 Å². The molecule has 1 aliphatic heterocycles. The molecular weight excluding hydrogens is 466 g/mol. The summed E-state index contributed by atoms with van der Waals surface area (Å²) in [6.45, 7) is 4.39. The number of unbranched alkanes of at least 4 members (excludes halogenated alkanes) is 2. The smallest absolute Gasteiger partial charge is 0.201 e. The predicted molar refractivity (Wildman–Crippen MR) is 151 cm³/mol. The Kier molecular flexibility index (Phi) is 10.4. The standard InChI is InChI=1S/C32H46F2OSi/c1-3-5-6-21-36-22-19-27(20-23-36)26-13-9-24(10-14-26)7-8-25-11-15-28(16-12-25)29-17-18-30(35-4-2)32(34)31(29)33/h11-12,15-18,24,26-27,36H,3-10,13-14,19-23H2,1-2H3/t24-,26-,27?,36?. The van der Waals surface area contributed by atoms with Crippen LogP contribution in [0.2, 0.25) is 18.1 Å². The zero-order chi connectivity index (χ0) is 25.3. The molecule has 1 aliphatic carbocycles. The second-order valence-electron chi connectivity index (χ2n) is 11.5. The van der Waals surface area contributed by atoms with Gasteiger partial charge in [0.15, 0.2) is 11.6 Å². The first-order valence-electron chi connectivity index (χ1n) is 14.8. The first-order valence-corrected chi connectivity index (χ1v) is 17.2. The summed E-state index contributed by atoms with van der Waals surface area (Å²) in [6.07, 6.45) is 15.4. The third kappa shape index (κ3) is 7.21. The Morgan fingerprint density at radius 3 is 2.17 bits per heavy atom. The maximum atomic E-state index is 14.6. The van der Waals surface area contributed by atoms with Crippen LogP contribution in [0.5, 0.6) is 5.75 Å². The molecule has 4 heteroatoms. The summed E-state index contributed by atoms with van der Waals surface area (Å²) in [7, 11) is -0.389. The van der Waals surface area contributed by atoms with Crippen molar-refractivity contribution in [2.45, 2.75) is 103 Å². The summed E-state index contributed by atoms with van der Waals surface area (Å²) in [5.74, 6) is 1.10. The van der Waals surface area contributed by atoms with E-state index >= 15 is 0 Å². The molecule has 2 aromatic rings. The number of hydrogen-bond acceptors (Lipinski definition) is 1. The highest BCUT2D eigenvalue weighted by molar-refractivity contribution is 6.58. The number of aryl methyl sites for hydroxylation is 1. The molecule has 0 N–H and O–H groups in total. The van der Waals surface area contributed by atoms with Gasteiger partial charge in [0, 0.05) is 14.4 Å². The second-order valence-corrected chi connectivity index (χ2v) is 14.9. The van der Waals surface area contributed by atoms with Crippen LogP contribution in [0.1, 0.15) is 83.6 Å². The Bertz CT molecular complexity index is 928. The molecule has 36 heavy (non-hydrogen) atoms. The zero-order valence-electron chi connectivity index (χ0n) is 22.5. The summed E-state index contributed by atoms with van der Waals surface area (Å²) >= 11 is 0. The number of halogens is 2. The molecule has 1 nitrogen and oxygen atoms in total. The highest BCUT2D eigenvalue weighted by Gasteiger charge is 2.31. The average molecular weight is 513 g/mol. The molecule has 0 unspecified atom stereocenters. The van der Waals surface area contributed by atoms with Crippen molar-refractivity contribution in [3.63, 3.8) is 0 Å². The molecule has 0 amide bonds. The molecular formula is C32H46F2OSi. The van der Waals surface area contributed by atoms with Gasteiger partial charge < -0.3 is 4.74 Å². The van der Waals surface area contributed by atoms with Crippen molar-refractivity contribution in [3.8, 4) is 16.9 Å². The molecule has 0 spiro atoms. The Balaban J connectivity index is 1.20. The summed E-state index contributed by atoms with van der Waals surface area (Å²) in [5.41, 5.74) is 2.29. The van der Waals surface area contributed by atoms with Crippen molar-refractivity contribution in [2.24, 2.45) is 17.8 Å². The Morgan fingerprint density at radius 1 is 0.806 bits per heavy atom. The lowest BCUT2D eigenvalue weighted by molar-refractivity contribution is 0.186. The van der Waals surface area contributed by atoms with Crippen molar-refractivity contribution >= 4 is 8.80 Å². The van der Waals surface area contributed by atoms with Crippen molar-refractivity contribution in [2.75, 3.05) is 6.61 Å². The molecule has 198 valence electrons. The lowest BCUT2D eigenvalue weighted by atomic mass is 9.73. The lowest BCUT2D eigenvalue weighted by Crippen LogP contribution is -2.28. The Labute approximate surface area is 219 Å². The van der Waals surface area contributed by atoms with Gasteiger partial charge >= 0.3 is 0 Å². The highest BCUT2D eigenvalue weighted by atomic mass is 28.3. The van der Waals surface area contributed by atoms with Gasteiger partial charge in [-0.2, -0.15) is 4.39 Å². The SMILES string of the molecule is CCCCC[SiH]1CCC([C@H]2CC[C@H](CCc3ccc(-c4ccc(OCC)c(F)c4F)cc3)CC2)CC1. The van der Waals surface area contributed by atoms with Crippen molar-refractivity contribution in [1.29, 1.82) is 0 Å². The van der Waals surface area contributed by atoms with Crippen molar-refractivity contribution < 1.29 is 13.5 Å². The number of hydrogen-bond donors (Lipinski definition) is 0. The first kappa shape index (κ1) is 27.4. The molecule has 0 aromatic heterocycles. The van der Waals surface area contributed by atoms with E-state index in [1.165, 1.54) is 63.0 Å². The molecule has 0 atom stereocenters. The summed E-state index contributed by atoms with van der Waals surface area (Å²) < 4.78 is 34.0. The van der Waals surface area contributed by atoms with E-state index in [-0.39, 0.29) is 14.5 Å². The minimum Gasteiger partial charge on any atom is -0.491 e. The molecule has 1 saturated carbocycles. The highest BCUT2D eigenvalue weighted by Crippen LogP contribution is 2.42. The summed E-state index contributed by atoms with van der Waals surface area (Å²) in [6, 6.07) is 16.0. The second kappa shape index (κ2) is 13.7. The van der Waals surface area contributed by atoms with Crippen LogP contribution in [0, 0.1) is 29.4 Å². The van der Waals surface area contributed by atoms with E-state index in [0.717, 1.165) is 24.2 Å². The van der Waals surface area contributed by atoms with Crippen LogP contribution < -0.4 is 4.74 Å². The zero-order valence-corrected chi connectivity index (χ0v) is 23.7. The van der Waals surface area contributed by atoms with Gasteiger partial charge in [0.05, 0.1) is 6.61 Å². The molecule has 2 aliphatic rings. The van der Waals surface area contributed by atoms with E-state index < -0.39 is 11.6 Å². The van der Waals surface area contributed by atoms with Crippen LogP contribution in [0.4, 0.5) is 8.78 Å². The fourth-order valence-electron chi connectivity index (χ4n) is 6.82. The Morgan fingerprint density at radius 2 is 1.50 bits per heavy atom. The maximum Gasteiger partial charge on any atom is 0.201 e. The molecule has 0 bridgehead atoms. The molecule has 4 rings (SSSR count). The number of rotatable bonds is 11. The van der Waals surface area contributed by atoms with Gasteiger partial charge in [0.1, 0.15) is 0 Å². The summed E-state index contributed by atoms with van der Waals surface area (Å²) in [5, 5.41) is 0. The fraction of sp³-hybridized carbons (Fsp3) is 0.625. The van der Waals surface area contributed by atoms with Crippen LogP contribution in [-0.2, 0) is 6.42 Å². The Hall–Kier alpha value is -1.68. The van der Waals surface area contributed by atoms with Crippen molar-refractivity contribution in [3.05, 3.63) is 53.6 Å². The van der Waals surface area contributed by atoms with E-state index in [0.29, 0.717) is 17.7 Å². The molecule has 1 saturated heterocycles. The van der Waals surface area contributed by atoms with E-state index in [2.05, 4.69) is 19.1 Å². The predicted octanol–water partition coefficient (Wildman–Crippen LogP) is 9.60. The average Bonchev–Trinajstić information content (AvgIpc) is 2.92. The van der Waals surface area contributed by atoms with E-state index in [1.807, 2.05) is 12.1 Å². The quantitative estimate of drug-likeness (QED) is 0.215.